The summed E-state index contributed by atoms with van der Waals surface area (Å²) < 4.78 is 0. The second kappa shape index (κ2) is 6.56. The number of hydrogen-bond donors (Lipinski definition) is 2. The maximum Gasteiger partial charge on any atom is 0.237 e. The Labute approximate surface area is 120 Å². The first-order valence-electron chi connectivity index (χ1n) is 7.10. The van der Waals surface area contributed by atoms with Crippen LogP contribution in [0.25, 0.3) is 0 Å². The fourth-order valence-electron chi connectivity index (χ4n) is 2.44. The van der Waals surface area contributed by atoms with E-state index in [1.807, 2.05) is 26.0 Å². The molecule has 1 aromatic rings. The molecule has 1 aliphatic rings. The molecule has 0 bridgehead atoms. The van der Waals surface area contributed by atoms with Crippen molar-refractivity contribution < 1.29 is 4.79 Å². The van der Waals surface area contributed by atoms with Gasteiger partial charge in [-0.25, -0.2) is 4.98 Å². The first-order chi connectivity index (χ1) is 9.61. The predicted octanol–water partition coefficient (Wildman–Crippen LogP) is 0.310. The number of hydrogen-bond acceptors (Lipinski definition) is 5. The van der Waals surface area contributed by atoms with Crippen LogP contribution in [0.4, 0.5) is 11.5 Å². The average Bonchev–Trinajstić information content (AvgIpc) is 2.48. The first-order valence-corrected chi connectivity index (χ1v) is 7.10. The largest absolute Gasteiger partial charge is 0.384 e. The zero-order valence-corrected chi connectivity index (χ0v) is 12.2. The lowest BCUT2D eigenvalue weighted by molar-refractivity contribution is -0.125. The molecule has 1 fully saturated rings. The minimum Gasteiger partial charge on any atom is -0.384 e. The normalized spacial score (nSPS) is 17.8. The number of nitrogen functional groups attached to an aromatic ring is 1. The highest BCUT2D eigenvalue weighted by Gasteiger charge is 2.25. The van der Waals surface area contributed by atoms with Crippen molar-refractivity contribution in [3.8, 4) is 0 Å². The molecule has 20 heavy (non-hydrogen) atoms. The zero-order valence-electron chi connectivity index (χ0n) is 12.2. The molecule has 0 saturated carbocycles. The maximum atomic E-state index is 11.8. The van der Waals surface area contributed by atoms with Crippen LogP contribution in [0.2, 0.25) is 0 Å². The Morgan fingerprint density at radius 2 is 2.10 bits per heavy atom. The summed E-state index contributed by atoms with van der Waals surface area (Å²) in [7, 11) is 0. The van der Waals surface area contributed by atoms with Gasteiger partial charge in [0.05, 0.1) is 17.9 Å². The maximum absolute atomic E-state index is 11.8. The van der Waals surface area contributed by atoms with Crippen LogP contribution in [0.5, 0.6) is 0 Å². The molecule has 6 heteroatoms. The van der Waals surface area contributed by atoms with E-state index >= 15 is 0 Å². The molecule has 1 saturated heterocycles. The SMILES string of the molecule is CCNC(=O)C(C)N1CCN(c2ccc(N)nc2)CC1. The van der Waals surface area contributed by atoms with Crippen LogP contribution in [0.1, 0.15) is 13.8 Å². The molecule has 1 unspecified atom stereocenters. The molecular weight excluding hydrogens is 254 g/mol. The van der Waals surface area contributed by atoms with E-state index in [0.29, 0.717) is 12.4 Å². The Kier molecular flexibility index (Phi) is 4.79. The van der Waals surface area contributed by atoms with E-state index in [1.165, 1.54) is 0 Å². The number of pyridine rings is 1. The Morgan fingerprint density at radius 1 is 1.40 bits per heavy atom. The molecule has 0 aliphatic carbocycles. The zero-order chi connectivity index (χ0) is 14.5. The smallest absolute Gasteiger partial charge is 0.237 e. The third-order valence-electron chi connectivity index (χ3n) is 3.73. The van der Waals surface area contributed by atoms with Crippen molar-refractivity contribution >= 4 is 17.4 Å². The number of aromatic nitrogens is 1. The van der Waals surface area contributed by atoms with Gasteiger partial charge in [-0.15, -0.1) is 0 Å². The quantitative estimate of drug-likeness (QED) is 0.828. The standard InChI is InChI=1S/C14H23N5O/c1-3-16-14(20)11(2)18-6-8-19(9-7-18)12-4-5-13(15)17-10-12/h4-5,10-11H,3,6-9H2,1-2H3,(H2,15,17)(H,16,20). The number of nitrogens with zero attached hydrogens (tertiary/aromatic N) is 3. The van der Waals surface area contributed by atoms with Gasteiger partial charge in [0.1, 0.15) is 5.82 Å². The summed E-state index contributed by atoms with van der Waals surface area (Å²) in [5.74, 6) is 0.646. The molecule has 1 aliphatic heterocycles. The molecular formula is C14H23N5O. The van der Waals surface area contributed by atoms with Gasteiger partial charge in [-0.2, -0.15) is 0 Å². The Hall–Kier alpha value is -1.82. The summed E-state index contributed by atoms with van der Waals surface area (Å²) in [6.07, 6.45) is 1.80. The summed E-state index contributed by atoms with van der Waals surface area (Å²) >= 11 is 0. The van der Waals surface area contributed by atoms with Gasteiger partial charge in [-0.1, -0.05) is 0 Å². The van der Waals surface area contributed by atoms with Gasteiger partial charge in [-0.3, -0.25) is 9.69 Å². The number of rotatable bonds is 4. The van der Waals surface area contributed by atoms with E-state index in [4.69, 9.17) is 5.73 Å². The van der Waals surface area contributed by atoms with Crippen molar-refractivity contribution in [2.24, 2.45) is 0 Å². The molecule has 6 nitrogen and oxygen atoms in total. The van der Waals surface area contributed by atoms with Crippen LogP contribution >= 0.6 is 0 Å². The fraction of sp³-hybridized carbons (Fsp3) is 0.571. The summed E-state index contributed by atoms with van der Waals surface area (Å²) in [6.45, 7) is 8.14. The third kappa shape index (κ3) is 3.39. The van der Waals surface area contributed by atoms with Crippen molar-refractivity contribution in [2.75, 3.05) is 43.4 Å². The molecule has 3 N–H and O–H groups in total. The van der Waals surface area contributed by atoms with E-state index in [1.54, 1.807) is 6.20 Å². The highest BCUT2D eigenvalue weighted by atomic mass is 16.2. The van der Waals surface area contributed by atoms with E-state index in [2.05, 4.69) is 20.1 Å². The molecule has 1 aromatic heterocycles. The number of carbonyl (C=O) groups excluding carboxylic acids is 1. The fourth-order valence-corrected chi connectivity index (χ4v) is 2.44. The first kappa shape index (κ1) is 14.6. The summed E-state index contributed by atoms with van der Waals surface area (Å²) in [5, 5.41) is 2.87. The van der Waals surface area contributed by atoms with E-state index in [0.717, 1.165) is 31.9 Å². The minimum atomic E-state index is -0.0679. The Morgan fingerprint density at radius 3 is 2.65 bits per heavy atom. The number of carbonyl (C=O) groups is 1. The lowest BCUT2D eigenvalue weighted by atomic mass is 10.2. The molecule has 2 rings (SSSR count). The number of nitrogens with one attached hydrogen (secondary N) is 1. The van der Waals surface area contributed by atoms with Gasteiger partial charge < -0.3 is 16.0 Å². The second-order valence-corrected chi connectivity index (χ2v) is 5.03. The van der Waals surface area contributed by atoms with Crippen LogP contribution in [-0.4, -0.2) is 54.6 Å². The molecule has 2 heterocycles. The molecule has 0 radical (unpaired) electrons. The number of nitrogens with two attached hydrogens (primary N) is 1. The van der Waals surface area contributed by atoms with Crippen LogP contribution in [0.15, 0.2) is 18.3 Å². The van der Waals surface area contributed by atoms with Crippen molar-refractivity contribution in [3.05, 3.63) is 18.3 Å². The Bertz CT molecular complexity index is 439. The van der Waals surface area contributed by atoms with Crippen molar-refractivity contribution in [1.29, 1.82) is 0 Å². The van der Waals surface area contributed by atoms with E-state index in [9.17, 15) is 4.79 Å². The lowest BCUT2D eigenvalue weighted by Crippen LogP contribution is -2.54. The highest BCUT2D eigenvalue weighted by Crippen LogP contribution is 2.17. The minimum absolute atomic E-state index is 0.0679. The van der Waals surface area contributed by atoms with Crippen molar-refractivity contribution in [2.45, 2.75) is 19.9 Å². The molecule has 110 valence electrons. The van der Waals surface area contributed by atoms with Gasteiger partial charge in [0.2, 0.25) is 5.91 Å². The van der Waals surface area contributed by atoms with E-state index < -0.39 is 0 Å². The van der Waals surface area contributed by atoms with Gasteiger partial charge in [0.15, 0.2) is 0 Å². The van der Waals surface area contributed by atoms with E-state index in [-0.39, 0.29) is 11.9 Å². The Balaban J connectivity index is 1.89. The van der Waals surface area contributed by atoms with Crippen molar-refractivity contribution in [1.82, 2.24) is 15.2 Å². The van der Waals surface area contributed by atoms with Crippen LogP contribution in [0.3, 0.4) is 0 Å². The van der Waals surface area contributed by atoms with Crippen molar-refractivity contribution in [3.63, 3.8) is 0 Å². The van der Waals surface area contributed by atoms with Crippen LogP contribution < -0.4 is 16.0 Å². The molecule has 0 spiro atoms. The summed E-state index contributed by atoms with van der Waals surface area (Å²) in [5.41, 5.74) is 6.68. The number of anilines is 2. The second-order valence-electron chi connectivity index (χ2n) is 5.03. The third-order valence-corrected chi connectivity index (χ3v) is 3.73. The van der Waals surface area contributed by atoms with Crippen LogP contribution in [-0.2, 0) is 4.79 Å². The number of piperazine rings is 1. The molecule has 0 aromatic carbocycles. The molecule has 1 amide bonds. The van der Waals surface area contributed by atoms with Gasteiger partial charge in [0.25, 0.3) is 0 Å². The van der Waals surface area contributed by atoms with Gasteiger partial charge in [0, 0.05) is 32.7 Å². The van der Waals surface area contributed by atoms with Gasteiger partial charge in [-0.05, 0) is 26.0 Å². The summed E-state index contributed by atoms with van der Waals surface area (Å²) in [4.78, 5) is 20.4. The highest BCUT2D eigenvalue weighted by molar-refractivity contribution is 5.81. The monoisotopic (exact) mass is 277 g/mol. The number of amides is 1. The average molecular weight is 277 g/mol. The predicted molar refractivity (Wildman–Crippen MR) is 80.6 cm³/mol. The summed E-state index contributed by atoms with van der Waals surface area (Å²) in [6, 6.07) is 3.74. The number of likely N-dealkylation sites (N-methyl/N-ethyl adjacent to an activating group) is 1. The van der Waals surface area contributed by atoms with Crippen LogP contribution in [0, 0.1) is 0 Å². The topological polar surface area (TPSA) is 74.5 Å². The molecule has 1 atom stereocenters. The van der Waals surface area contributed by atoms with Gasteiger partial charge >= 0.3 is 0 Å². The lowest BCUT2D eigenvalue weighted by Gasteiger charge is -2.38.